The first kappa shape index (κ1) is 84.1. The van der Waals surface area contributed by atoms with E-state index in [-0.39, 0.29) is 98.0 Å². The van der Waals surface area contributed by atoms with E-state index in [1.165, 1.54) is 66.3 Å². The number of carbonyl (C=O) groups excluding carboxylic acids is 12. The van der Waals surface area contributed by atoms with Gasteiger partial charge >= 0.3 is 29.8 Å². The van der Waals surface area contributed by atoms with Crippen molar-refractivity contribution in [2.75, 3.05) is 53.2 Å². The normalized spacial score (nSPS) is 19.4. The van der Waals surface area contributed by atoms with Crippen LogP contribution in [0, 0.1) is 60.1 Å². The van der Waals surface area contributed by atoms with E-state index in [4.69, 9.17) is 24.5 Å². The van der Waals surface area contributed by atoms with Crippen LogP contribution in [-0.2, 0) is 52.4 Å². The lowest BCUT2D eigenvalue weighted by Crippen LogP contribution is -2.54. The van der Waals surface area contributed by atoms with Gasteiger partial charge in [0.1, 0.15) is 40.5 Å². The number of aromatic amines is 2. The van der Waals surface area contributed by atoms with E-state index >= 15 is 0 Å². The van der Waals surface area contributed by atoms with Crippen LogP contribution in [0.3, 0.4) is 0 Å². The van der Waals surface area contributed by atoms with E-state index in [1.54, 1.807) is 84.5 Å². The van der Waals surface area contributed by atoms with Gasteiger partial charge in [-0.25, -0.2) is 43.3 Å². The molecule has 4 fully saturated rings. The molecule has 6 aromatic carbocycles. The van der Waals surface area contributed by atoms with Crippen LogP contribution < -0.4 is 73.7 Å². The summed E-state index contributed by atoms with van der Waals surface area (Å²) in [5.74, 6) is 20.2. The maximum absolute atomic E-state index is 13.5. The van der Waals surface area contributed by atoms with Gasteiger partial charge in [0.25, 0.3) is 52.8 Å². The van der Waals surface area contributed by atoms with Crippen LogP contribution >= 0.6 is 0 Å². The molecular weight excluding hydrogens is 1660 g/mol. The summed E-state index contributed by atoms with van der Waals surface area (Å²) in [4.78, 5) is 196. The lowest BCUT2D eigenvalue weighted by atomic mass is 9.99. The van der Waals surface area contributed by atoms with Crippen LogP contribution in [0.15, 0.2) is 142 Å². The number of imidazole rings is 1. The van der Waals surface area contributed by atoms with Gasteiger partial charge in [0.2, 0.25) is 22.2 Å². The standard InChI is InChI=1S/C25H23N5O4.C21H13FN4O4.C21H18N8O4.C20H17N5O6/c1-15(2)30-13-18-10-16(4-7-21(18)28-30)8-9-25(23(32)26-24(33)27-25)14-29-12-17-5-6-19(34-3)11-20(17)22(29)31;22-15-4-3-14-10-26(18(27)16(14)8-15)11-21(19(28)24-20(29)25-21)6-5-12-1-2-13-9-23-30-17(13)7-12;1-28-14(25-17-15(28)16(22)23-10-24-17)5-6-21(19(31)26-20(32)27-21)9-29-8-11-3-4-12(33-2)7-13(11)18(29)30;1-10-13(15(26)22-18(29)21-10)5-6-20(17(28)23-19(30)24-20)9-25-8-11-3-4-12(31-2)7-14(11)16(25)27/h4-7,10-11,13,15H,12,14H2,1-3H3,(H2,26,27,32,33);1-4,7-9H,10-11H2,(H2,24,25,28,29);3-4,7,10H,8-9H2,1-2H3,(H2,22,23,24)(H2,26,27,31,32);3-4,7H,8-9H2,1-2H3,(H2,21,22,26,29)(H2,23,24,28,30)/t25-;2*21-;20-/m1111/s1. The van der Waals surface area contributed by atoms with Gasteiger partial charge in [-0.1, -0.05) is 70.9 Å². The lowest BCUT2D eigenvalue weighted by Gasteiger charge is -2.26. The second kappa shape index (κ2) is 33.0. The number of nitrogens with one attached hydrogen (secondary N) is 10. The van der Waals surface area contributed by atoms with Crippen LogP contribution in [0.1, 0.15) is 112 Å². The van der Waals surface area contributed by atoms with Crippen molar-refractivity contribution in [3.8, 4) is 64.6 Å². The number of fused-ring (bicyclic) bond motifs is 7. The molecule has 19 rings (SSSR count). The Hall–Kier alpha value is -17.5. The smallest absolute Gasteiger partial charge is 0.325 e. The van der Waals surface area contributed by atoms with Gasteiger partial charge in [-0.05, 0) is 134 Å². The van der Waals surface area contributed by atoms with E-state index in [2.05, 4.69) is 125 Å². The largest absolute Gasteiger partial charge is 0.497 e. The van der Waals surface area contributed by atoms with Crippen LogP contribution in [0.25, 0.3) is 33.0 Å². The molecule has 13 heterocycles. The molecule has 128 heavy (non-hydrogen) atoms. The molecule has 0 unspecified atom stereocenters. The number of benzene rings is 6. The highest BCUT2D eigenvalue weighted by molar-refractivity contribution is 6.13. The van der Waals surface area contributed by atoms with E-state index in [0.717, 1.165) is 39.0 Å². The van der Waals surface area contributed by atoms with Gasteiger partial charge < -0.3 is 74.9 Å². The Bertz CT molecular complexity index is 7130. The summed E-state index contributed by atoms with van der Waals surface area (Å²) in [5, 5.41) is 28.9. The number of aryl methyl sites for hydroxylation is 2. The second-order valence-electron chi connectivity index (χ2n) is 30.7. The Morgan fingerprint density at radius 2 is 0.938 bits per heavy atom. The molecule has 644 valence electrons. The zero-order chi connectivity index (χ0) is 90.6. The molecule has 41 heteroatoms. The summed E-state index contributed by atoms with van der Waals surface area (Å²) in [7, 11) is 6.23. The van der Waals surface area contributed by atoms with Crippen molar-refractivity contribution in [3.63, 3.8) is 0 Å². The fourth-order valence-electron chi connectivity index (χ4n) is 15.3. The number of hydrogen-bond donors (Lipinski definition) is 11. The van der Waals surface area contributed by atoms with E-state index < -0.39 is 92.9 Å². The number of halogens is 1. The lowest BCUT2D eigenvalue weighted by molar-refractivity contribution is -0.123. The van der Waals surface area contributed by atoms with Crippen molar-refractivity contribution in [1.29, 1.82) is 0 Å². The number of hydrogen-bond acceptors (Lipinski definition) is 24. The predicted molar refractivity (Wildman–Crippen MR) is 447 cm³/mol. The molecule has 4 atom stereocenters. The summed E-state index contributed by atoms with van der Waals surface area (Å²) in [6, 6.07) is 27.7. The van der Waals surface area contributed by atoms with Crippen LogP contribution in [0.2, 0.25) is 0 Å². The maximum atomic E-state index is 13.5. The number of nitrogen functional groups attached to an aromatic ring is 1. The summed E-state index contributed by atoms with van der Waals surface area (Å²) in [6.07, 6.45) is 4.80. The minimum absolute atomic E-state index is 0.0614. The maximum Gasteiger partial charge on any atom is 0.325 e. The molecule has 11 aromatic rings. The monoisotopic (exact) mass is 1730 g/mol. The first-order valence-corrected chi connectivity index (χ1v) is 39.0. The number of rotatable bonds is 12. The minimum Gasteiger partial charge on any atom is -0.497 e. The molecule has 8 aliphatic heterocycles. The van der Waals surface area contributed by atoms with Crippen LogP contribution in [0.4, 0.5) is 29.4 Å². The fourth-order valence-corrected chi connectivity index (χ4v) is 15.3. The van der Waals surface area contributed by atoms with Gasteiger partial charge in [-0.15, -0.1) is 0 Å². The summed E-state index contributed by atoms with van der Waals surface area (Å²) < 4.78 is 37.7. The van der Waals surface area contributed by atoms with Gasteiger partial charge in [0.15, 0.2) is 22.9 Å². The highest BCUT2D eigenvalue weighted by atomic mass is 19.1. The molecule has 0 spiro atoms. The van der Waals surface area contributed by atoms with Gasteiger partial charge in [-0.3, -0.25) is 74.1 Å². The number of anilines is 1. The van der Waals surface area contributed by atoms with E-state index in [1.807, 2.05) is 49.0 Å². The first-order chi connectivity index (χ1) is 61.2. The van der Waals surface area contributed by atoms with Crippen LogP contribution in [-0.4, -0.2) is 205 Å². The zero-order valence-electron chi connectivity index (χ0n) is 68.6. The number of imide groups is 4. The predicted octanol–water partition coefficient (Wildman–Crippen LogP) is 2.27. The molecule has 0 bridgehead atoms. The number of urea groups is 4. The number of aromatic nitrogens is 9. The van der Waals surface area contributed by atoms with Crippen LogP contribution in [0.5, 0.6) is 17.2 Å². The quantitative estimate of drug-likeness (QED) is 0.0617. The third-order valence-corrected chi connectivity index (χ3v) is 21.9. The van der Waals surface area contributed by atoms with Crippen molar-refractivity contribution in [1.82, 2.24) is 107 Å². The average Bonchev–Trinajstić information content (AvgIpc) is 1.62. The number of H-pyrrole nitrogens is 2. The summed E-state index contributed by atoms with van der Waals surface area (Å²) in [6.45, 7) is 5.89. The number of carbonyl (C=O) groups is 12. The number of nitrogens with zero attached hydrogens (tertiary/aromatic N) is 11. The molecule has 0 radical (unpaired) electrons. The first-order valence-electron chi connectivity index (χ1n) is 39.0. The number of amides is 16. The molecule has 5 aromatic heterocycles. The molecule has 40 nitrogen and oxygen atoms in total. The third kappa shape index (κ3) is 16.2. The molecule has 0 aliphatic carbocycles. The number of ether oxygens (including phenoxy) is 3. The Morgan fingerprint density at radius 1 is 0.508 bits per heavy atom. The van der Waals surface area contributed by atoms with E-state index in [9.17, 15) is 71.5 Å². The van der Waals surface area contributed by atoms with Crippen molar-refractivity contribution in [2.45, 2.75) is 75.1 Å². The highest BCUT2D eigenvalue weighted by Gasteiger charge is 2.53. The molecule has 12 N–H and O–H groups in total. The Labute approximate surface area is 721 Å². The minimum atomic E-state index is -1.77. The SMILES string of the molecule is COc1ccc2c(c1)C(=O)N(C[C@@]1(C#Cc3c(C)[nH]c(=O)[nH]c3=O)NC(=O)NC1=O)C2.COc1ccc2c(c1)C(=O)N(C[C@@]1(C#Cc3ccc4nn(C(C)C)cc4c3)NC(=O)NC1=O)C2.COc1ccc2c(c1)C(=O)N(C[C@@]1(C#Cc3nc4ncnc(N)c4n3C)NC(=O)NC1=O)C2.O=C1NC(=O)[C@@](C#Cc2ccc3cnoc3c2)(CN2Cc3ccc(F)cc3C2=O)N1. The molecule has 0 saturated carbocycles. The summed E-state index contributed by atoms with van der Waals surface area (Å²) in [5.41, 5.74) is 6.10. The number of nitrogens with two attached hydrogens (primary N) is 1. The van der Waals surface area contributed by atoms with Crippen molar-refractivity contribution in [2.24, 2.45) is 7.05 Å². The van der Waals surface area contributed by atoms with Crippen molar-refractivity contribution >= 4 is 110 Å². The van der Waals surface area contributed by atoms with Gasteiger partial charge in [0, 0.05) is 95.3 Å². The number of methoxy groups -OCH3 is 3. The Balaban J connectivity index is 0.000000125. The molecule has 4 saturated heterocycles. The Morgan fingerprint density at radius 3 is 1.37 bits per heavy atom. The fraction of sp³-hybridized carbons (Fsp3) is 0.230. The second-order valence-corrected chi connectivity index (χ2v) is 30.7. The summed E-state index contributed by atoms with van der Waals surface area (Å²) >= 11 is 0. The Kier molecular flexibility index (Phi) is 21.7. The molecule has 8 aliphatic rings. The highest BCUT2D eigenvalue weighted by Crippen LogP contribution is 2.34. The topological polar surface area (TPSA) is 521 Å². The average molecular weight is 1730 g/mol. The van der Waals surface area contributed by atoms with E-state index in [0.29, 0.717) is 73.9 Å². The van der Waals surface area contributed by atoms with Crippen molar-refractivity contribution < 1.29 is 80.7 Å². The van der Waals surface area contributed by atoms with Gasteiger partial charge in [0.05, 0.1) is 59.2 Å². The van der Waals surface area contributed by atoms with Crippen molar-refractivity contribution in [3.05, 3.63) is 227 Å². The third-order valence-electron chi connectivity index (χ3n) is 21.9. The van der Waals surface area contributed by atoms with Gasteiger partial charge in [-0.2, -0.15) is 5.10 Å². The zero-order valence-corrected chi connectivity index (χ0v) is 68.6. The molecule has 16 amide bonds. The molecular formula is C87H71FN22O18.